The Kier molecular flexibility index (Phi) is 5.75. The number of benzene rings is 1. The molecule has 11 heteroatoms. The molecule has 1 heterocycles. The predicted molar refractivity (Wildman–Crippen MR) is 84.4 cm³/mol. The molecule has 1 aromatic heterocycles. The molecule has 24 heavy (non-hydrogen) atoms. The van der Waals surface area contributed by atoms with Gasteiger partial charge in [-0.05, 0) is 24.3 Å². The summed E-state index contributed by atoms with van der Waals surface area (Å²) in [5.74, 6) is -0.467. The van der Waals surface area contributed by atoms with Crippen molar-refractivity contribution in [2.45, 2.75) is 0 Å². The lowest BCUT2D eigenvalue weighted by molar-refractivity contribution is 0.275. The highest BCUT2D eigenvalue weighted by Crippen LogP contribution is 2.53. The molecule has 0 aliphatic rings. The quantitative estimate of drug-likeness (QED) is 0.678. The molecule has 1 aromatic carbocycles. The van der Waals surface area contributed by atoms with Gasteiger partial charge in [-0.3, -0.25) is 9.13 Å². The first-order chi connectivity index (χ1) is 11.3. The van der Waals surface area contributed by atoms with Gasteiger partial charge in [0.15, 0.2) is 0 Å². The third-order valence-electron chi connectivity index (χ3n) is 3.25. The van der Waals surface area contributed by atoms with Crippen LogP contribution in [0.3, 0.4) is 0 Å². The van der Waals surface area contributed by atoms with E-state index in [1.165, 1.54) is 24.3 Å². The maximum Gasteiger partial charge on any atom is 0.399 e. The third-order valence-corrected chi connectivity index (χ3v) is 7.12. The number of aromatic nitrogens is 1. The van der Waals surface area contributed by atoms with Crippen LogP contribution in [-0.4, -0.2) is 33.6 Å². The molecular weight excluding hydrogens is 363 g/mol. The second-order valence-electron chi connectivity index (χ2n) is 4.42. The van der Waals surface area contributed by atoms with Gasteiger partial charge in [-0.2, -0.15) is 0 Å². The van der Waals surface area contributed by atoms with Crippen molar-refractivity contribution in [3.63, 3.8) is 0 Å². The standard InChI is InChI=1S/C13H16FNO7P2/c1-18-23(16,19-2)12-11(9-5-7-10(14)8-6-9)15-22-13(12)24(17,20-3)21-4/h5-8H,1-4H3. The fourth-order valence-corrected chi connectivity index (χ4v) is 4.94. The molecule has 0 aliphatic carbocycles. The summed E-state index contributed by atoms with van der Waals surface area (Å²) in [4.78, 5) is 0. The van der Waals surface area contributed by atoms with Gasteiger partial charge in [-0.1, -0.05) is 5.16 Å². The van der Waals surface area contributed by atoms with Gasteiger partial charge >= 0.3 is 15.2 Å². The minimum atomic E-state index is -3.94. The van der Waals surface area contributed by atoms with Crippen LogP contribution < -0.4 is 10.8 Å². The smallest absolute Gasteiger partial charge is 0.347 e. The lowest BCUT2D eigenvalue weighted by Crippen LogP contribution is -2.25. The van der Waals surface area contributed by atoms with E-state index >= 15 is 0 Å². The van der Waals surface area contributed by atoms with E-state index in [0.29, 0.717) is 5.56 Å². The van der Waals surface area contributed by atoms with Crippen LogP contribution in [0.25, 0.3) is 11.3 Å². The molecule has 0 spiro atoms. The highest BCUT2D eigenvalue weighted by atomic mass is 31.2. The normalized spacial score (nSPS) is 12.5. The summed E-state index contributed by atoms with van der Waals surface area (Å²) < 4.78 is 63.5. The van der Waals surface area contributed by atoms with Crippen LogP contribution in [0, 0.1) is 5.82 Å². The SMILES string of the molecule is COP(=O)(OC)c1onc(-c2ccc(F)cc2)c1P(=O)(OC)OC. The van der Waals surface area contributed by atoms with E-state index in [1.807, 2.05) is 0 Å². The molecule has 2 rings (SSSR count). The molecular formula is C13H16FNO7P2. The Hall–Kier alpha value is -1.34. The topological polar surface area (TPSA) is 97.1 Å². The Bertz CT molecular complexity index is 789. The van der Waals surface area contributed by atoms with Crippen LogP contribution in [0.2, 0.25) is 0 Å². The Morgan fingerprint density at radius 2 is 1.42 bits per heavy atom. The van der Waals surface area contributed by atoms with Crippen molar-refractivity contribution >= 4 is 26.0 Å². The number of hydrogen-bond donors (Lipinski definition) is 0. The highest BCUT2D eigenvalue weighted by molar-refractivity contribution is 7.68. The molecule has 0 radical (unpaired) electrons. The summed E-state index contributed by atoms with van der Waals surface area (Å²) in [5.41, 5.74) is -0.0281. The number of nitrogens with zero attached hydrogens (tertiary/aromatic N) is 1. The predicted octanol–water partition coefficient (Wildman–Crippen LogP) is 2.70. The Morgan fingerprint density at radius 3 is 1.88 bits per heavy atom. The van der Waals surface area contributed by atoms with Gasteiger partial charge in [0.1, 0.15) is 16.8 Å². The first-order valence-electron chi connectivity index (χ1n) is 6.55. The van der Waals surface area contributed by atoms with Crippen LogP contribution >= 0.6 is 15.2 Å². The molecule has 0 unspecified atom stereocenters. The third kappa shape index (κ3) is 3.24. The van der Waals surface area contributed by atoms with Crippen molar-refractivity contribution in [1.29, 1.82) is 0 Å². The minimum absolute atomic E-state index is 0.0198. The van der Waals surface area contributed by atoms with E-state index in [4.69, 9.17) is 22.6 Å². The van der Waals surface area contributed by atoms with Crippen LogP contribution in [0.1, 0.15) is 0 Å². The van der Waals surface area contributed by atoms with Gasteiger partial charge in [-0.25, -0.2) is 4.39 Å². The van der Waals surface area contributed by atoms with Gasteiger partial charge in [0.25, 0.3) is 5.50 Å². The summed E-state index contributed by atoms with van der Waals surface area (Å²) in [5, 5.41) is 3.58. The molecule has 132 valence electrons. The average molecular weight is 379 g/mol. The summed E-state index contributed by atoms with van der Waals surface area (Å²) in [6, 6.07) is 5.15. The first-order valence-corrected chi connectivity index (χ1v) is 9.63. The first kappa shape index (κ1) is 19.0. The molecule has 0 aliphatic heterocycles. The van der Waals surface area contributed by atoms with E-state index in [-0.39, 0.29) is 11.0 Å². The van der Waals surface area contributed by atoms with E-state index in [2.05, 4.69) is 5.16 Å². The molecule has 8 nitrogen and oxygen atoms in total. The second kappa shape index (κ2) is 7.27. The van der Waals surface area contributed by atoms with Gasteiger partial charge < -0.3 is 22.6 Å². The summed E-state index contributed by atoms with van der Waals surface area (Å²) in [6.45, 7) is 0. The van der Waals surface area contributed by atoms with Crippen LogP contribution in [0.4, 0.5) is 4.39 Å². The largest absolute Gasteiger partial charge is 0.399 e. The van der Waals surface area contributed by atoms with Crippen LogP contribution in [-0.2, 0) is 27.2 Å². The molecule has 0 amide bonds. The Labute approximate surface area is 137 Å². The maximum atomic E-state index is 13.1. The van der Waals surface area contributed by atoms with Gasteiger partial charge in [-0.15, -0.1) is 0 Å². The molecule has 0 atom stereocenters. The molecule has 0 N–H and O–H groups in total. The molecule has 2 aromatic rings. The Morgan fingerprint density at radius 1 is 0.917 bits per heavy atom. The zero-order valence-corrected chi connectivity index (χ0v) is 15.2. The van der Waals surface area contributed by atoms with Crippen molar-refractivity contribution in [1.82, 2.24) is 5.16 Å². The maximum absolute atomic E-state index is 13.1. The van der Waals surface area contributed by atoms with Crippen LogP contribution in [0.15, 0.2) is 28.8 Å². The number of hydrogen-bond acceptors (Lipinski definition) is 8. The second-order valence-corrected chi connectivity index (χ2v) is 8.72. The van der Waals surface area contributed by atoms with Gasteiger partial charge in [0.2, 0.25) is 0 Å². The van der Waals surface area contributed by atoms with E-state index < -0.39 is 26.5 Å². The molecule has 0 saturated heterocycles. The fourth-order valence-electron chi connectivity index (χ4n) is 2.00. The number of rotatable bonds is 7. The minimum Gasteiger partial charge on any atom is -0.347 e. The molecule has 0 bridgehead atoms. The van der Waals surface area contributed by atoms with Crippen molar-refractivity contribution in [2.24, 2.45) is 0 Å². The average Bonchev–Trinajstić information content (AvgIpc) is 3.07. The van der Waals surface area contributed by atoms with Crippen molar-refractivity contribution in [2.75, 3.05) is 28.4 Å². The fraction of sp³-hybridized carbons (Fsp3) is 0.308. The summed E-state index contributed by atoms with van der Waals surface area (Å²) in [7, 11) is -3.30. The monoisotopic (exact) mass is 379 g/mol. The zero-order chi connectivity index (χ0) is 18.0. The van der Waals surface area contributed by atoms with Gasteiger partial charge in [0.05, 0.1) is 0 Å². The highest BCUT2D eigenvalue weighted by Gasteiger charge is 2.44. The van der Waals surface area contributed by atoms with E-state index in [0.717, 1.165) is 28.4 Å². The number of halogens is 1. The lowest BCUT2D eigenvalue weighted by Gasteiger charge is -2.17. The van der Waals surface area contributed by atoms with E-state index in [9.17, 15) is 13.5 Å². The van der Waals surface area contributed by atoms with E-state index in [1.54, 1.807) is 0 Å². The van der Waals surface area contributed by atoms with Crippen LogP contribution in [0.5, 0.6) is 0 Å². The summed E-state index contributed by atoms with van der Waals surface area (Å²) >= 11 is 0. The van der Waals surface area contributed by atoms with Crippen molar-refractivity contribution in [3.05, 3.63) is 30.1 Å². The molecule has 0 fully saturated rings. The van der Waals surface area contributed by atoms with Gasteiger partial charge in [0, 0.05) is 34.0 Å². The summed E-state index contributed by atoms with van der Waals surface area (Å²) in [6.07, 6.45) is 0. The Balaban J connectivity index is 2.79. The lowest BCUT2D eigenvalue weighted by atomic mass is 10.1. The van der Waals surface area contributed by atoms with Crippen molar-refractivity contribution in [3.8, 4) is 11.3 Å². The zero-order valence-electron chi connectivity index (χ0n) is 13.4. The van der Waals surface area contributed by atoms with Crippen molar-refractivity contribution < 1.29 is 36.1 Å². The molecule has 0 saturated carbocycles.